The Morgan fingerprint density at radius 1 is 0.971 bits per heavy atom. The molecule has 0 saturated carbocycles. The van der Waals surface area contributed by atoms with Gasteiger partial charge in [0.1, 0.15) is 11.5 Å². The summed E-state index contributed by atoms with van der Waals surface area (Å²) in [6.45, 7) is 0. The largest absolute Gasteiger partial charge is 0.497 e. The van der Waals surface area contributed by atoms with E-state index in [4.69, 9.17) is 32.7 Å². The summed E-state index contributed by atoms with van der Waals surface area (Å²) >= 11 is 12.2. The zero-order chi connectivity index (χ0) is 24.7. The summed E-state index contributed by atoms with van der Waals surface area (Å²) < 4.78 is 40.1. The molecule has 3 aromatic carbocycles. The summed E-state index contributed by atoms with van der Waals surface area (Å²) in [5.74, 6) is 1.77. The molecule has 6 nitrogen and oxygen atoms in total. The predicted molar refractivity (Wildman–Crippen MR) is 140 cm³/mol. The average molecular weight is 531 g/mol. The van der Waals surface area contributed by atoms with Crippen molar-refractivity contribution in [2.75, 3.05) is 24.3 Å². The number of benzene rings is 3. The number of hydrogen-bond acceptors (Lipinski definition) is 5. The topological polar surface area (TPSA) is 76.7 Å². The zero-order valence-electron chi connectivity index (χ0n) is 19.1. The van der Waals surface area contributed by atoms with Crippen molar-refractivity contribution in [3.8, 4) is 11.5 Å². The second-order valence-corrected chi connectivity index (χ2v) is 11.1. The average Bonchev–Trinajstić information content (AvgIpc) is 3.35. The highest BCUT2D eigenvalue weighted by atomic mass is 35.5. The molecule has 3 atom stereocenters. The summed E-state index contributed by atoms with van der Waals surface area (Å²) in [5.41, 5.74) is 3.05. The molecular weight excluding hydrogens is 507 g/mol. The minimum absolute atomic E-state index is 0.0293. The molecule has 3 aromatic rings. The van der Waals surface area contributed by atoms with Crippen LogP contribution in [0.2, 0.25) is 10.0 Å². The van der Waals surface area contributed by atoms with Gasteiger partial charge in [-0.15, -0.1) is 0 Å². The van der Waals surface area contributed by atoms with Crippen LogP contribution in [0.25, 0.3) is 0 Å². The van der Waals surface area contributed by atoms with Crippen LogP contribution in [0.1, 0.15) is 29.5 Å². The second kappa shape index (κ2) is 9.30. The maximum Gasteiger partial charge on any atom is 0.261 e. The molecule has 1 heterocycles. The van der Waals surface area contributed by atoms with Gasteiger partial charge in [0.2, 0.25) is 0 Å². The Bertz CT molecular complexity index is 1420. The Hall–Kier alpha value is -2.87. The lowest BCUT2D eigenvalue weighted by Crippen LogP contribution is -2.29. The van der Waals surface area contributed by atoms with E-state index in [-0.39, 0.29) is 33.5 Å². The highest BCUT2D eigenvalue weighted by Gasteiger charge is 2.39. The van der Waals surface area contributed by atoms with Gasteiger partial charge in [-0.05, 0) is 72.5 Å². The Morgan fingerprint density at radius 2 is 1.80 bits per heavy atom. The first kappa shape index (κ1) is 23.9. The Morgan fingerprint density at radius 3 is 2.57 bits per heavy atom. The van der Waals surface area contributed by atoms with E-state index in [0.29, 0.717) is 5.02 Å². The molecule has 0 saturated heterocycles. The van der Waals surface area contributed by atoms with Crippen LogP contribution < -0.4 is 19.5 Å². The van der Waals surface area contributed by atoms with Crippen LogP contribution in [-0.2, 0) is 10.0 Å². The minimum Gasteiger partial charge on any atom is -0.497 e. The molecule has 0 aromatic heterocycles. The lowest BCUT2D eigenvalue weighted by atomic mass is 9.77. The van der Waals surface area contributed by atoms with E-state index in [9.17, 15) is 8.42 Å². The zero-order valence-corrected chi connectivity index (χ0v) is 21.4. The second-order valence-electron chi connectivity index (χ2n) is 8.56. The molecule has 0 radical (unpaired) electrons. The van der Waals surface area contributed by atoms with Gasteiger partial charge in [0.15, 0.2) is 0 Å². The number of hydrogen-bond donors (Lipinski definition) is 2. The standard InChI is InChI=1S/C26H24Cl2N2O4S/c1-33-16-7-11-25(34-2)21(13-16)26-19-5-3-4-18(19)20-14-17(8-10-23(20)29-26)35(31,32)30-24-12-15(27)6-9-22(24)28/h3-4,6-14,18-19,26,29-30H,5H2,1-2H3/t18-,19+,26-/m0/s1. The number of ether oxygens (including phenoxy) is 2. The van der Waals surface area contributed by atoms with Crippen molar-refractivity contribution >= 4 is 44.6 Å². The monoisotopic (exact) mass is 530 g/mol. The lowest BCUT2D eigenvalue weighted by Gasteiger charge is -2.38. The smallest absolute Gasteiger partial charge is 0.261 e. The first-order valence-electron chi connectivity index (χ1n) is 11.1. The highest BCUT2D eigenvalue weighted by molar-refractivity contribution is 7.92. The lowest BCUT2D eigenvalue weighted by molar-refractivity contribution is 0.374. The quantitative estimate of drug-likeness (QED) is 0.349. The molecule has 5 rings (SSSR count). The number of halogens is 2. The Labute approximate surface area is 214 Å². The molecule has 0 bridgehead atoms. The van der Waals surface area contributed by atoms with Crippen LogP contribution in [0.15, 0.2) is 71.6 Å². The summed E-state index contributed by atoms with van der Waals surface area (Å²) in [5, 5.41) is 4.28. The van der Waals surface area contributed by atoms with E-state index in [1.54, 1.807) is 38.5 Å². The van der Waals surface area contributed by atoms with Crippen molar-refractivity contribution in [1.29, 1.82) is 0 Å². The van der Waals surface area contributed by atoms with E-state index in [0.717, 1.165) is 34.7 Å². The fourth-order valence-electron chi connectivity index (χ4n) is 4.91. The van der Waals surface area contributed by atoms with Crippen LogP contribution in [-0.4, -0.2) is 22.6 Å². The number of rotatable bonds is 6. The minimum atomic E-state index is -3.88. The normalized spacial score (nSPS) is 20.5. The summed E-state index contributed by atoms with van der Waals surface area (Å²) in [6, 6.07) is 15.5. The number of nitrogens with one attached hydrogen (secondary N) is 2. The van der Waals surface area contributed by atoms with Crippen molar-refractivity contribution < 1.29 is 17.9 Å². The SMILES string of the molecule is COc1ccc(OC)c([C@H]2Nc3ccc(S(=O)(=O)Nc4cc(Cl)ccc4Cl)cc3[C@H]3C=CC[C@H]32)c1. The Kier molecular flexibility index (Phi) is 6.34. The maximum atomic E-state index is 13.2. The maximum absolute atomic E-state index is 13.2. The Balaban J connectivity index is 1.52. The van der Waals surface area contributed by atoms with E-state index in [1.807, 2.05) is 24.3 Å². The van der Waals surface area contributed by atoms with E-state index in [1.165, 1.54) is 6.07 Å². The fraction of sp³-hybridized carbons (Fsp3) is 0.231. The summed E-state index contributed by atoms with van der Waals surface area (Å²) in [6.07, 6.45) is 5.16. The molecule has 0 spiro atoms. The molecule has 0 fully saturated rings. The van der Waals surface area contributed by atoms with Crippen molar-refractivity contribution in [3.63, 3.8) is 0 Å². The third kappa shape index (κ3) is 4.44. The molecule has 1 aliphatic carbocycles. The van der Waals surface area contributed by atoms with Crippen molar-refractivity contribution in [2.24, 2.45) is 5.92 Å². The van der Waals surface area contributed by atoms with Crippen LogP contribution in [0, 0.1) is 5.92 Å². The number of fused-ring (bicyclic) bond motifs is 3. The number of allylic oxidation sites excluding steroid dienone is 2. The third-order valence-electron chi connectivity index (χ3n) is 6.59. The van der Waals surface area contributed by atoms with Gasteiger partial charge >= 0.3 is 0 Å². The van der Waals surface area contributed by atoms with Gasteiger partial charge in [0, 0.05) is 22.2 Å². The number of methoxy groups -OCH3 is 2. The van der Waals surface area contributed by atoms with Gasteiger partial charge in [-0.1, -0.05) is 35.4 Å². The molecule has 0 amide bonds. The van der Waals surface area contributed by atoms with E-state index >= 15 is 0 Å². The van der Waals surface area contributed by atoms with Gasteiger partial charge in [-0.2, -0.15) is 0 Å². The molecular formula is C26H24Cl2N2O4S. The fourth-order valence-corrected chi connectivity index (χ4v) is 6.41. The molecule has 2 aliphatic rings. The summed E-state index contributed by atoms with van der Waals surface area (Å²) in [4.78, 5) is 0.158. The van der Waals surface area contributed by atoms with Crippen LogP contribution in [0.3, 0.4) is 0 Å². The van der Waals surface area contributed by atoms with Gasteiger partial charge in [-0.25, -0.2) is 8.42 Å². The molecule has 35 heavy (non-hydrogen) atoms. The number of anilines is 2. The molecule has 9 heteroatoms. The first-order valence-corrected chi connectivity index (χ1v) is 13.3. The van der Waals surface area contributed by atoms with Gasteiger partial charge < -0.3 is 14.8 Å². The van der Waals surface area contributed by atoms with Crippen molar-refractivity contribution in [2.45, 2.75) is 23.3 Å². The van der Waals surface area contributed by atoms with Crippen LogP contribution >= 0.6 is 23.2 Å². The predicted octanol–water partition coefficient (Wildman–Crippen LogP) is 6.64. The molecule has 2 N–H and O–H groups in total. The highest BCUT2D eigenvalue weighted by Crippen LogP contribution is 2.52. The van der Waals surface area contributed by atoms with Crippen LogP contribution in [0.5, 0.6) is 11.5 Å². The van der Waals surface area contributed by atoms with E-state index < -0.39 is 10.0 Å². The first-order chi connectivity index (χ1) is 16.8. The molecule has 1 aliphatic heterocycles. The van der Waals surface area contributed by atoms with Gasteiger partial charge in [-0.3, -0.25) is 4.72 Å². The van der Waals surface area contributed by atoms with Gasteiger partial charge in [0.05, 0.1) is 35.9 Å². The van der Waals surface area contributed by atoms with E-state index in [2.05, 4.69) is 22.2 Å². The van der Waals surface area contributed by atoms with Gasteiger partial charge in [0.25, 0.3) is 10.0 Å². The van der Waals surface area contributed by atoms with Crippen LogP contribution in [0.4, 0.5) is 11.4 Å². The number of sulfonamides is 1. The third-order valence-corrected chi connectivity index (χ3v) is 8.52. The van der Waals surface area contributed by atoms with Crippen molar-refractivity contribution in [1.82, 2.24) is 0 Å². The molecule has 182 valence electrons. The van der Waals surface area contributed by atoms with Crippen molar-refractivity contribution in [3.05, 3.63) is 87.9 Å². The summed E-state index contributed by atoms with van der Waals surface area (Å²) in [7, 11) is -0.586. The molecule has 0 unspecified atom stereocenters.